The van der Waals surface area contributed by atoms with E-state index in [9.17, 15) is 25.2 Å². The molecule has 5 fully saturated rings. The molecule has 7 nitrogen and oxygen atoms in total. The highest BCUT2D eigenvalue weighted by molar-refractivity contribution is 5.76. The van der Waals surface area contributed by atoms with Crippen molar-refractivity contribution in [1.29, 1.82) is 0 Å². The highest BCUT2D eigenvalue weighted by Crippen LogP contribution is 2.75. The highest BCUT2D eigenvalue weighted by atomic mass is 16.7. The average Bonchev–Trinajstić information content (AvgIpc) is 2.90. The van der Waals surface area contributed by atoms with Crippen LogP contribution in [-0.2, 0) is 14.3 Å². The van der Waals surface area contributed by atoms with Crippen molar-refractivity contribution in [3.63, 3.8) is 0 Å². The molecule has 4 N–H and O–H groups in total. The third kappa shape index (κ3) is 4.12. The second-order valence-corrected chi connectivity index (χ2v) is 17.4. The minimum absolute atomic E-state index is 0.00452. The van der Waals surface area contributed by atoms with Gasteiger partial charge in [0, 0.05) is 0 Å². The van der Waals surface area contributed by atoms with Gasteiger partial charge < -0.3 is 29.9 Å². The topological polar surface area (TPSA) is 116 Å². The lowest BCUT2D eigenvalue weighted by atomic mass is 9.33. The van der Waals surface area contributed by atoms with Gasteiger partial charge >= 0.3 is 5.97 Å². The van der Waals surface area contributed by atoms with Crippen LogP contribution in [0.5, 0.6) is 0 Å². The maximum absolute atomic E-state index is 12.9. The van der Waals surface area contributed by atoms with E-state index >= 15 is 0 Å². The van der Waals surface area contributed by atoms with Gasteiger partial charge in [-0.05, 0) is 109 Å². The molecule has 4 saturated carbocycles. The van der Waals surface area contributed by atoms with E-state index in [0.717, 1.165) is 64.2 Å². The van der Waals surface area contributed by atoms with E-state index in [1.165, 1.54) is 5.57 Å². The van der Waals surface area contributed by atoms with Gasteiger partial charge in [-0.25, -0.2) is 0 Å². The number of aliphatic hydroxyl groups is 3. The summed E-state index contributed by atoms with van der Waals surface area (Å²) in [5.74, 6) is 0.465. The van der Waals surface area contributed by atoms with Crippen molar-refractivity contribution < 1.29 is 34.7 Å². The zero-order valence-electron chi connectivity index (χ0n) is 27.0. The molecule has 0 spiro atoms. The molecule has 0 aromatic rings. The highest BCUT2D eigenvalue weighted by Gasteiger charge is 2.69. The van der Waals surface area contributed by atoms with Crippen molar-refractivity contribution >= 4 is 5.97 Å². The lowest BCUT2D eigenvalue weighted by molar-refractivity contribution is -0.308. The number of carboxylic acids is 1. The Morgan fingerprint density at radius 2 is 1.57 bits per heavy atom. The molecule has 238 valence electrons. The molecule has 0 radical (unpaired) electrons. The van der Waals surface area contributed by atoms with Crippen molar-refractivity contribution in [2.45, 2.75) is 143 Å². The van der Waals surface area contributed by atoms with Gasteiger partial charge in [0.15, 0.2) is 6.29 Å². The summed E-state index contributed by atoms with van der Waals surface area (Å²) in [5, 5.41) is 41.3. The summed E-state index contributed by atoms with van der Waals surface area (Å²) in [7, 11) is 0. The van der Waals surface area contributed by atoms with Crippen LogP contribution in [0, 0.1) is 50.2 Å². The Bertz CT molecular complexity index is 1130. The molecule has 12 atom stereocenters. The van der Waals surface area contributed by atoms with Gasteiger partial charge in [0.05, 0.1) is 18.1 Å². The lowest BCUT2D eigenvalue weighted by Gasteiger charge is -2.71. The minimum Gasteiger partial charge on any atom is -0.481 e. The van der Waals surface area contributed by atoms with E-state index in [1.54, 1.807) is 0 Å². The Morgan fingerprint density at radius 3 is 2.26 bits per heavy atom. The standard InChI is InChI=1S/C35H56O7/c1-30(2)14-16-35(29(39)40)17-15-33(6)20(21(35)18-30)8-9-24-32(5)12-11-25(31(3,4)23(32)10-13-34(24,33)7)42-28-27(38)26(37)22(36)19-41-28/h8,21-28,36-38H,9-19H2,1-7H3,(H,39,40)/t21-,22+,23-,24+,25-,26-,27+,28-,32-,33+,34+,35-/m0/s1. The quantitative estimate of drug-likeness (QED) is 0.247. The summed E-state index contributed by atoms with van der Waals surface area (Å²) in [6.45, 7) is 16.8. The summed E-state index contributed by atoms with van der Waals surface area (Å²) < 4.78 is 12.1. The molecular weight excluding hydrogens is 532 g/mol. The van der Waals surface area contributed by atoms with Crippen LogP contribution < -0.4 is 0 Å². The molecule has 0 bridgehead atoms. The number of ether oxygens (including phenoxy) is 2. The molecule has 0 unspecified atom stereocenters. The molecule has 0 aromatic carbocycles. The van der Waals surface area contributed by atoms with E-state index in [1.807, 2.05) is 0 Å². The first-order valence-corrected chi connectivity index (χ1v) is 16.7. The molecule has 1 heterocycles. The van der Waals surface area contributed by atoms with Gasteiger partial charge in [-0.1, -0.05) is 60.1 Å². The lowest BCUT2D eigenvalue weighted by Crippen LogP contribution is -2.65. The minimum atomic E-state index is -1.27. The molecule has 1 saturated heterocycles. The number of aliphatic carboxylic acids is 1. The third-order valence-corrected chi connectivity index (χ3v) is 14.8. The first kappa shape index (κ1) is 31.0. The van der Waals surface area contributed by atoms with Gasteiger partial charge in [0.1, 0.15) is 18.3 Å². The van der Waals surface area contributed by atoms with Crippen molar-refractivity contribution in [2.24, 2.45) is 50.2 Å². The molecule has 7 heteroatoms. The van der Waals surface area contributed by atoms with Crippen molar-refractivity contribution in [3.8, 4) is 0 Å². The zero-order valence-corrected chi connectivity index (χ0v) is 27.0. The molecule has 5 aliphatic carbocycles. The monoisotopic (exact) mass is 588 g/mol. The van der Waals surface area contributed by atoms with Crippen LogP contribution in [0.15, 0.2) is 11.6 Å². The Kier molecular flexibility index (Phi) is 7.20. The second-order valence-electron chi connectivity index (χ2n) is 17.4. The number of fused-ring (bicyclic) bond motifs is 7. The van der Waals surface area contributed by atoms with Crippen LogP contribution in [0.25, 0.3) is 0 Å². The van der Waals surface area contributed by atoms with Gasteiger partial charge in [-0.2, -0.15) is 0 Å². The van der Waals surface area contributed by atoms with E-state index in [0.29, 0.717) is 11.8 Å². The Balaban J connectivity index is 1.30. The maximum Gasteiger partial charge on any atom is 0.310 e. The molecule has 6 rings (SSSR count). The number of carbonyl (C=O) groups is 1. The SMILES string of the molecule is CC1(C)CC[C@]2(C(=O)O)CC[C@]3(C)C(=CC[C@@H]4[C@@]5(C)CC[C@H](O[C@@H]6OC[C@@H](O)[C@H](O)[C@H]6O)C(C)(C)[C@@H]5CC[C@]43C)[C@@H]2C1. The summed E-state index contributed by atoms with van der Waals surface area (Å²) in [6, 6.07) is 0. The first-order valence-electron chi connectivity index (χ1n) is 16.7. The van der Waals surface area contributed by atoms with Gasteiger partial charge in [-0.3, -0.25) is 4.79 Å². The Labute approximate surface area is 252 Å². The molecule has 6 aliphatic rings. The molecule has 42 heavy (non-hydrogen) atoms. The fourth-order valence-corrected chi connectivity index (χ4v) is 11.9. The predicted octanol–water partition coefficient (Wildman–Crippen LogP) is 5.70. The maximum atomic E-state index is 12.9. The van der Waals surface area contributed by atoms with E-state index in [-0.39, 0.29) is 45.7 Å². The Morgan fingerprint density at radius 1 is 0.881 bits per heavy atom. The normalized spacial score (nSPS) is 53.0. The summed E-state index contributed by atoms with van der Waals surface area (Å²) in [4.78, 5) is 12.9. The number of carboxylic acid groups (broad SMARTS) is 1. The first-order chi connectivity index (χ1) is 19.4. The van der Waals surface area contributed by atoms with E-state index in [4.69, 9.17) is 9.47 Å². The van der Waals surface area contributed by atoms with Crippen molar-refractivity contribution in [2.75, 3.05) is 6.61 Å². The molecule has 1 aliphatic heterocycles. The number of rotatable bonds is 3. The number of hydrogen-bond acceptors (Lipinski definition) is 6. The molecule has 0 aromatic heterocycles. The van der Waals surface area contributed by atoms with Gasteiger partial charge in [0.25, 0.3) is 0 Å². The van der Waals surface area contributed by atoms with Gasteiger partial charge in [0.2, 0.25) is 0 Å². The summed E-state index contributed by atoms with van der Waals surface area (Å²) >= 11 is 0. The van der Waals surface area contributed by atoms with Crippen molar-refractivity contribution in [1.82, 2.24) is 0 Å². The van der Waals surface area contributed by atoms with Crippen molar-refractivity contribution in [3.05, 3.63) is 11.6 Å². The van der Waals surface area contributed by atoms with Crippen LogP contribution in [-0.4, -0.2) is 63.7 Å². The molecule has 0 amide bonds. The average molecular weight is 589 g/mol. The second kappa shape index (κ2) is 9.75. The van der Waals surface area contributed by atoms with E-state index in [2.05, 4.69) is 54.5 Å². The van der Waals surface area contributed by atoms with Crippen LogP contribution in [0.4, 0.5) is 0 Å². The summed E-state index contributed by atoms with van der Waals surface area (Å²) in [5.41, 5.74) is 1.05. The van der Waals surface area contributed by atoms with Crippen LogP contribution in [0.2, 0.25) is 0 Å². The zero-order chi connectivity index (χ0) is 30.7. The van der Waals surface area contributed by atoms with Crippen LogP contribution in [0.1, 0.15) is 113 Å². The predicted molar refractivity (Wildman–Crippen MR) is 159 cm³/mol. The fraction of sp³-hybridized carbons (Fsp3) is 0.914. The van der Waals surface area contributed by atoms with Crippen LogP contribution >= 0.6 is 0 Å². The third-order valence-electron chi connectivity index (χ3n) is 14.8. The van der Waals surface area contributed by atoms with Crippen LogP contribution in [0.3, 0.4) is 0 Å². The largest absolute Gasteiger partial charge is 0.481 e. The Hall–Kier alpha value is -0.990. The number of aliphatic hydroxyl groups excluding tert-OH is 3. The summed E-state index contributed by atoms with van der Waals surface area (Å²) in [6.07, 6.45) is 7.38. The molecular formula is C35H56O7. The van der Waals surface area contributed by atoms with Gasteiger partial charge in [-0.15, -0.1) is 0 Å². The number of hydrogen-bond donors (Lipinski definition) is 4. The number of allylic oxidation sites excluding steroid dienone is 2. The smallest absolute Gasteiger partial charge is 0.310 e. The fourth-order valence-electron chi connectivity index (χ4n) is 11.9. The van der Waals surface area contributed by atoms with E-state index < -0.39 is 36.0 Å².